The van der Waals surface area contributed by atoms with Gasteiger partial charge in [0.25, 0.3) is 0 Å². The summed E-state index contributed by atoms with van der Waals surface area (Å²) >= 11 is 0. The van der Waals surface area contributed by atoms with Gasteiger partial charge in [-0.25, -0.2) is 4.79 Å². The molecule has 1 N–H and O–H groups in total. The molecule has 0 aliphatic rings. The molecule has 0 radical (unpaired) electrons. The first-order chi connectivity index (χ1) is 13.1. The van der Waals surface area contributed by atoms with E-state index in [9.17, 15) is 14.4 Å². The zero-order valence-corrected chi connectivity index (χ0v) is 17.2. The van der Waals surface area contributed by atoms with Crippen LogP contribution in [-0.4, -0.2) is 30.3 Å². The number of amides is 1. The molecule has 0 saturated carbocycles. The van der Waals surface area contributed by atoms with Gasteiger partial charge in [-0.15, -0.1) is 0 Å². The Balaban J connectivity index is 2.04. The van der Waals surface area contributed by atoms with Gasteiger partial charge in [0.2, 0.25) is 5.91 Å². The lowest BCUT2D eigenvalue weighted by Crippen LogP contribution is -2.46. The van der Waals surface area contributed by atoms with Crippen LogP contribution in [0.5, 0.6) is 0 Å². The third-order valence-corrected chi connectivity index (χ3v) is 4.65. The van der Waals surface area contributed by atoms with Gasteiger partial charge < -0.3 is 10.1 Å². The number of carbonyl (C=O) groups is 3. The van der Waals surface area contributed by atoms with Crippen LogP contribution in [0.25, 0.3) is 10.8 Å². The van der Waals surface area contributed by atoms with E-state index in [1.54, 1.807) is 20.8 Å². The number of hydrogen-bond donors (Lipinski definition) is 1. The first kappa shape index (κ1) is 21.6. The highest BCUT2D eigenvalue weighted by molar-refractivity contribution is 5.92. The molecule has 0 saturated heterocycles. The number of hydrogen-bond acceptors (Lipinski definition) is 4. The molecule has 2 aromatic rings. The fraction of sp³-hybridized carbons (Fsp3) is 0.435. The monoisotopic (exact) mass is 383 g/mol. The molecule has 0 fully saturated rings. The fourth-order valence-corrected chi connectivity index (χ4v) is 2.78. The molecule has 0 aromatic heterocycles. The van der Waals surface area contributed by atoms with Gasteiger partial charge in [-0.1, -0.05) is 77.1 Å². The lowest BCUT2D eigenvalue weighted by atomic mass is 9.91. The largest absolute Gasteiger partial charge is 0.456 e. The van der Waals surface area contributed by atoms with Gasteiger partial charge in [0.05, 0.1) is 6.42 Å². The third-order valence-electron chi connectivity index (χ3n) is 4.65. The Morgan fingerprint density at radius 2 is 1.64 bits per heavy atom. The van der Waals surface area contributed by atoms with E-state index in [0.717, 1.165) is 16.3 Å². The first-order valence-corrected chi connectivity index (χ1v) is 9.55. The van der Waals surface area contributed by atoms with Crippen molar-refractivity contribution < 1.29 is 19.1 Å². The Hall–Kier alpha value is -2.69. The predicted octanol–water partition coefficient (Wildman–Crippen LogP) is 3.68. The van der Waals surface area contributed by atoms with Crippen LogP contribution in [0.2, 0.25) is 0 Å². The smallest absolute Gasteiger partial charge is 0.329 e. The number of carbonyl (C=O) groups excluding carboxylic acids is 3. The summed E-state index contributed by atoms with van der Waals surface area (Å²) in [5.74, 6) is -1.16. The average Bonchev–Trinajstić information content (AvgIpc) is 2.63. The highest BCUT2D eigenvalue weighted by Gasteiger charge is 2.28. The number of esters is 1. The summed E-state index contributed by atoms with van der Waals surface area (Å²) in [6.07, 6.45) is 0.165. The minimum Gasteiger partial charge on any atom is -0.456 e. The van der Waals surface area contributed by atoms with Crippen molar-refractivity contribution in [1.82, 2.24) is 5.32 Å². The summed E-state index contributed by atoms with van der Waals surface area (Å²) in [7, 11) is 0. The van der Waals surface area contributed by atoms with E-state index in [2.05, 4.69) is 5.32 Å². The molecular weight excluding hydrogens is 354 g/mol. The number of benzene rings is 2. The lowest BCUT2D eigenvalue weighted by Gasteiger charge is -2.22. The van der Waals surface area contributed by atoms with Crippen LogP contribution in [0, 0.1) is 11.3 Å². The minimum atomic E-state index is -0.796. The van der Waals surface area contributed by atoms with Crippen molar-refractivity contribution in [1.29, 1.82) is 0 Å². The quantitative estimate of drug-likeness (QED) is 0.740. The van der Waals surface area contributed by atoms with Crippen molar-refractivity contribution in [2.45, 2.75) is 47.1 Å². The standard InChI is InChI=1S/C23H29NO4/c1-15(2)21(22(27)28-14-19(25)23(3,4)5)24-20(26)13-17-11-8-10-16-9-6-7-12-18(16)17/h6-12,15,21H,13-14H2,1-5H3,(H,24,26). The van der Waals surface area contributed by atoms with E-state index >= 15 is 0 Å². The predicted molar refractivity (Wildman–Crippen MR) is 110 cm³/mol. The van der Waals surface area contributed by atoms with Crippen molar-refractivity contribution in [3.8, 4) is 0 Å². The van der Waals surface area contributed by atoms with Gasteiger partial charge >= 0.3 is 5.97 Å². The first-order valence-electron chi connectivity index (χ1n) is 9.55. The summed E-state index contributed by atoms with van der Waals surface area (Å²) in [5, 5.41) is 4.84. The molecule has 0 heterocycles. The molecule has 2 rings (SSSR count). The van der Waals surface area contributed by atoms with Gasteiger partial charge in [0, 0.05) is 5.41 Å². The van der Waals surface area contributed by atoms with Crippen LogP contribution >= 0.6 is 0 Å². The third kappa shape index (κ3) is 5.65. The number of ketones is 1. The highest BCUT2D eigenvalue weighted by Crippen LogP contribution is 2.19. The van der Waals surface area contributed by atoms with Crippen LogP contribution in [-0.2, 0) is 25.5 Å². The van der Waals surface area contributed by atoms with E-state index in [1.165, 1.54) is 0 Å². The Kier molecular flexibility index (Phi) is 6.95. The normalized spacial score (nSPS) is 12.6. The summed E-state index contributed by atoms with van der Waals surface area (Å²) in [6.45, 7) is 8.69. The van der Waals surface area contributed by atoms with Gasteiger partial charge in [0.1, 0.15) is 6.04 Å². The molecule has 1 amide bonds. The molecular formula is C23H29NO4. The van der Waals surface area contributed by atoms with E-state index in [4.69, 9.17) is 4.74 Å². The van der Waals surface area contributed by atoms with E-state index < -0.39 is 17.4 Å². The van der Waals surface area contributed by atoms with Gasteiger partial charge in [-0.2, -0.15) is 0 Å². The van der Waals surface area contributed by atoms with Gasteiger partial charge in [0.15, 0.2) is 12.4 Å². The molecule has 1 unspecified atom stereocenters. The molecule has 0 aliphatic carbocycles. The summed E-state index contributed by atoms with van der Waals surface area (Å²) < 4.78 is 5.17. The second kappa shape index (κ2) is 9.00. The van der Waals surface area contributed by atoms with Gasteiger partial charge in [-0.05, 0) is 22.3 Å². The molecule has 1 atom stereocenters. The molecule has 5 nitrogen and oxygen atoms in total. The van der Waals surface area contributed by atoms with Gasteiger partial charge in [-0.3, -0.25) is 9.59 Å². The van der Waals surface area contributed by atoms with Crippen molar-refractivity contribution in [3.05, 3.63) is 48.0 Å². The van der Waals surface area contributed by atoms with Crippen LogP contribution in [0.15, 0.2) is 42.5 Å². The second-order valence-electron chi connectivity index (χ2n) is 8.39. The van der Waals surface area contributed by atoms with Crippen LogP contribution in [0.1, 0.15) is 40.2 Å². The molecule has 2 aromatic carbocycles. The average molecular weight is 383 g/mol. The Labute approximate surface area is 166 Å². The maximum Gasteiger partial charge on any atom is 0.329 e. The van der Waals surface area contributed by atoms with E-state index in [1.807, 2.05) is 56.3 Å². The minimum absolute atomic E-state index is 0.159. The summed E-state index contributed by atoms with van der Waals surface area (Å²) in [4.78, 5) is 37.0. The van der Waals surface area contributed by atoms with Crippen molar-refractivity contribution in [2.75, 3.05) is 6.61 Å². The fourth-order valence-electron chi connectivity index (χ4n) is 2.78. The zero-order valence-electron chi connectivity index (χ0n) is 17.2. The maximum atomic E-state index is 12.6. The highest BCUT2D eigenvalue weighted by atomic mass is 16.5. The van der Waals surface area contributed by atoms with Crippen LogP contribution in [0.3, 0.4) is 0 Å². The van der Waals surface area contributed by atoms with Crippen LogP contribution < -0.4 is 5.32 Å². The van der Waals surface area contributed by atoms with Crippen molar-refractivity contribution in [3.63, 3.8) is 0 Å². The number of Topliss-reactive ketones (excluding diaryl/α,β-unsaturated/α-hetero) is 1. The maximum absolute atomic E-state index is 12.6. The van der Waals surface area contributed by atoms with E-state index in [-0.39, 0.29) is 30.6 Å². The van der Waals surface area contributed by atoms with Crippen LogP contribution in [0.4, 0.5) is 0 Å². The number of fused-ring (bicyclic) bond motifs is 1. The number of ether oxygens (including phenoxy) is 1. The molecule has 150 valence electrons. The zero-order chi connectivity index (χ0) is 20.9. The SMILES string of the molecule is CC(C)C(NC(=O)Cc1cccc2ccccc12)C(=O)OCC(=O)C(C)(C)C. The second-order valence-corrected chi connectivity index (χ2v) is 8.39. The van der Waals surface area contributed by atoms with Crippen molar-refractivity contribution >= 4 is 28.4 Å². The summed E-state index contributed by atoms with van der Waals surface area (Å²) in [6, 6.07) is 12.9. The van der Waals surface area contributed by atoms with Crippen molar-refractivity contribution in [2.24, 2.45) is 11.3 Å². The Morgan fingerprint density at radius 3 is 2.29 bits per heavy atom. The Morgan fingerprint density at radius 1 is 1.00 bits per heavy atom. The number of rotatable bonds is 7. The molecule has 28 heavy (non-hydrogen) atoms. The Bertz CT molecular complexity index is 859. The topological polar surface area (TPSA) is 72.5 Å². The molecule has 5 heteroatoms. The molecule has 0 aliphatic heterocycles. The molecule has 0 spiro atoms. The number of nitrogens with one attached hydrogen (secondary N) is 1. The lowest BCUT2D eigenvalue weighted by molar-refractivity contribution is -0.154. The summed E-state index contributed by atoms with van der Waals surface area (Å²) in [5.41, 5.74) is 0.319. The molecule has 0 bridgehead atoms. The van der Waals surface area contributed by atoms with E-state index in [0.29, 0.717) is 0 Å².